The zero-order valence-electron chi connectivity index (χ0n) is 17.9. The number of benzene rings is 1. The predicted molar refractivity (Wildman–Crippen MR) is 124 cm³/mol. The molecule has 1 aromatic carbocycles. The molecule has 2 unspecified atom stereocenters. The molecule has 0 radical (unpaired) electrons. The third-order valence-corrected chi connectivity index (χ3v) is 8.01. The van der Waals surface area contributed by atoms with Crippen LogP contribution in [0.15, 0.2) is 46.0 Å². The van der Waals surface area contributed by atoms with Gasteiger partial charge in [-0.15, -0.1) is 11.3 Å². The highest BCUT2D eigenvalue weighted by molar-refractivity contribution is 7.88. The van der Waals surface area contributed by atoms with Crippen LogP contribution < -0.4 is 5.32 Å². The number of hydrogen-bond donors (Lipinski definition) is 1. The van der Waals surface area contributed by atoms with E-state index in [1.54, 1.807) is 11.6 Å². The number of nitrogens with zero attached hydrogens (tertiary/aromatic N) is 3. The van der Waals surface area contributed by atoms with Crippen molar-refractivity contribution >= 4 is 44.8 Å². The number of methoxy groups -OCH3 is 1. The molecule has 1 fully saturated rings. The first-order valence-corrected chi connectivity index (χ1v) is 13.3. The molecule has 2 aliphatic heterocycles. The zero-order valence-corrected chi connectivity index (χ0v) is 20.3. The van der Waals surface area contributed by atoms with Gasteiger partial charge in [0, 0.05) is 46.9 Å². The number of sulfonamides is 1. The lowest BCUT2D eigenvalue weighted by atomic mass is 9.87. The molecule has 12 heteroatoms. The van der Waals surface area contributed by atoms with Crippen molar-refractivity contribution in [2.45, 2.75) is 18.9 Å². The summed E-state index contributed by atoms with van der Waals surface area (Å²) in [5.41, 5.74) is 1.16. The van der Waals surface area contributed by atoms with E-state index >= 15 is 0 Å². The Kier molecular flexibility index (Phi) is 6.85. The van der Waals surface area contributed by atoms with Crippen LogP contribution in [0.4, 0.5) is 4.39 Å². The Labute approximate surface area is 200 Å². The second-order valence-corrected chi connectivity index (χ2v) is 11.1. The Morgan fingerprint density at radius 3 is 2.82 bits per heavy atom. The molecule has 0 bridgehead atoms. The average molecular weight is 513 g/mol. The number of rotatable bonds is 5. The summed E-state index contributed by atoms with van der Waals surface area (Å²) in [6, 6.07) is 3.02. The molecular formula is C21H22ClFN4O4S2. The standard InChI is InChI=1S/C21H22ClFN4O4S2/c1-31-21(28)16-17(12-4-3-8-27(11-12)33(2,29)30)25-19(20-24-7-9-32-20)26-18(16)14-6-5-13(23)10-15(14)22/h5-7,9-10,12,18H,3-4,8,11H2,1-2H3,(H,25,26). The lowest BCUT2D eigenvalue weighted by Crippen LogP contribution is -2.44. The number of aromatic nitrogens is 1. The average Bonchev–Trinajstić information content (AvgIpc) is 3.32. The smallest absolute Gasteiger partial charge is 0.338 e. The second kappa shape index (κ2) is 9.49. The van der Waals surface area contributed by atoms with E-state index in [0.29, 0.717) is 41.5 Å². The molecule has 2 aromatic rings. The highest BCUT2D eigenvalue weighted by Crippen LogP contribution is 2.39. The molecule has 2 atom stereocenters. The summed E-state index contributed by atoms with van der Waals surface area (Å²) < 4.78 is 44.7. The SMILES string of the molecule is COC(=O)C1=C(C2CCCN(S(C)(=O)=O)C2)NC(c2nccs2)=NC1c1ccc(F)cc1Cl. The Morgan fingerprint density at radius 1 is 1.39 bits per heavy atom. The number of piperidine rings is 1. The van der Waals surface area contributed by atoms with Gasteiger partial charge in [-0.1, -0.05) is 17.7 Å². The molecule has 0 saturated carbocycles. The second-order valence-electron chi connectivity index (χ2n) is 7.79. The molecular weight excluding hydrogens is 491 g/mol. The monoisotopic (exact) mass is 512 g/mol. The van der Waals surface area contributed by atoms with Crippen molar-refractivity contribution in [3.63, 3.8) is 0 Å². The normalized spacial score (nSPS) is 22.0. The number of amidine groups is 1. The van der Waals surface area contributed by atoms with Crippen LogP contribution in [0.5, 0.6) is 0 Å². The number of hydrogen-bond acceptors (Lipinski definition) is 8. The number of esters is 1. The topological polar surface area (TPSA) is 101 Å². The van der Waals surface area contributed by atoms with E-state index in [2.05, 4.69) is 10.3 Å². The fourth-order valence-electron chi connectivity index (χ4n) is 4.10. The first-order chi connectivity index (χ1) is 15.7. The molecule has 0 aliphatic carbocycles. The molecule has 1 N–H and O–H groups in total. The molecule has 1 saturated heterocycles. The summed E-state index contributed by atoms with van der Waals surface area (Å²) in [5, 5.41) is 5.74. The van der Waals surface area contributed by atoms with Crippen molar-refractivity contribution in [2.24, 2.45) is 10.9 Å². The van der Waals surface area contributed by atoms with E-state index in [-0.39, 0.29) is 23.1 Å². The first-order valence-electron chi connectivity index (χ1n) is 10.2. The maximum absolute atomic E-state index is 13.8. The van der Waals surface area contributed by atoms with Gasteiger partial charge < -0.3 is 10.1 Å². The number of halogens is 2. The number of aliphatic imine (C=N–C) groups is 1. The summed E-state index contributed by atoms with van der Waals surface area (Å²) in [6.45, 7) is 0.619. The van der Waals surface area contributed by atoms with Crippen LogP contribution >= 0.6 is 22.9 Å². The quantitative estimate of drug-likeness (QED) is 0.618. The van der Waals surface area contributed by atoms with Gasteiger partial charge in [0.25, 0.3) is 0 Å². The van der Waals surface area contributed by atoms with E-state index in [4.69, 9.17) is 21.3 Å². The van der Waals surface area contributed by atoms with Crippen molar-refractivity contribution in [3.05, 3.63) is 62.5 Å². The summed E-state index contributed by atoms with van der Waals surface area (Å²) in [5.74, 6) is -1.02. The highest BCUT2D eigenvalue weighted by atomic mass is 35.5. The minimum atomic E-state index is -3.41. The van der Waals surface area contributed by atoms with Crippen molar-refractivity contribution in [1.29, 1.82) is 0 Å². The zero-order chi connectivity index (χ0) is 23.8. The van der Waals surface area contributed by atoms with Gasteiger partial charge in [-0.2, -0.15) is 0 Å². The Morgan fingerprint density at radius 2 is 2.18 bits per heavy atom. The molecule has 3 heterocycles. The van der Waals surface area contributed by atoms with Crippen LogP contribution in [0, 0.1) is 11.7 Å². The van der Waals surface area contributed by atoms with Gasteiger partial charge in [-0.25, -0.2) is 26.9 Å². The lowest BCUT2D eigenvalue weighted by Gasteiger charge is -2.36. The molecule has 2 aliphatic rings. The number of carbonyl (C=O) groups excluding carboxylic acids is 1. The number of ether oxygens (including phenoxy) is 1. The minimum absolute atomic E-state index is 0.117. The van der Waals surface area contributed by atoms with E-state index < -0.39 is 27.9 Å². The summed E-state index contributed by atoms with van der Waals surface area (Å²) in [7, 11) is -2.15. The fraction of sp³-hybridized carbons (Fsp3) is 0.381. The maximum Gasteiger partial charge on any atom is 0.338 e. The van der Waals surface area contributed by atoms with Gasteiger partial charge in [0.15, 0.2) is 10.8 Å². The molecule has 0 spiro atoms. The van der Waals surface area contributed by atoms with E-state index in [9.17, 15) is 17.6 Å². The van der Waals surface area contributed by atoms with Crippen LogP contribution in [0.25, 0.3) is 0 Å². The van der Waals surface area contributed by atoms with Gasteiger partial charge in [0.1, 0.15) is 11.9 Å². The Hall–Kier alpha value is -2.34. The van der Waals surface area contributed by atoms with Gasteiger partial charge in [0.2, 0.25) is 10.0 Å². The van der Waals surface area contributed by atoms with E-state index in [1.807, 2.05) is 0 Å². The van der Waals surface area contributed by atoms with E-state index in [1.165, 1.54) is 41.1 Å². The molecule has 0 amide bonds. The molecule has 4 rings (SSSR count). The van der Waals surface area contributed by atoms with Gasteiger partial charge in [-0.05, 0) is 25.0 Å². The van der Waals surface area contributed by atoms with Gasteiger partial charge >= 0.3 is 5.97 Å². The van der Waals surface area contributed by atoms with Crippen LogP contribution in [0.1, 0.15) is 29.5 Å². The lowest BCUT2D eigenvalue weighted by molar-refractivity contribution is -0.136. The molecule has 1 aromatic heterocycles. The summed E-state index contributed by atoms with van der Waals surface area (Å²) in [6.07, 6.45) is 4.09. The Bertz CT molecular complexity index is 1230. The largest absolute Gasteiger partial charge is 0.466 e. The number of thiazole rings is 1. The summed E-state index contributed by atoms with van der Waals surface area (Å²) >= 11 is 7.72. The fourth-order valence-corrected chi connectivity index (χ4v) is 5.87. The highest BCUT2D eigenvalue weighted by Gasteiger charge is 2.38. The van der Waals surface area contributed by atoms with Crippen molar-refractivity contribution in [1.82, 2.24) is 14.6 Å². The van der Waals surface area contributed by atoms with Crippen molar-refractivity contribution < 1.29 is 22.3 Å². The number of nitrogens with one attached hydrogen (secondary N) is 1. The Balaban J connectivity index is 1.87. The van der Waals surface area contributed by atoms with Crippen molar-refractivity contribution in [2.75, 3.05) is 26.5 Å². The van der Waals surface area contributed by atoms with E-state index in [0.717, 1.165) is 6.07 Å². The maximum atomic E-state index is 13.8. The summed E-state index contributed by atoms with van der Waals surface area (Å²) in [4.78, 5) is 22.0. The van der Waals surface area contributed by atoms with Crippen LogP contribution in [0.2, 0.25) is 5.02 Å². The van der Waals surface area contributed by atoms with Crippen molar-refractivity contribution in [3.8, 4) is 0 Å². The van der Waals surface area contributed by atoms with Crippen LogP contribution in [0.3, 0.4) is 0 Å². The third kappa shape index (κ3) is 4.96. The predicted octanol–water partition coefficient (Wildman–Crippen LogP) is 3.13. The van der Waals surface area contributed by atoms with Gasteiger partial charge in [-0.3, -0.25) is 4.99 Å². The molecule has 8 nitrogen and oxygen atoms in total. The molecule has 176 valence electrons. The van der Waals surface area contributed by atoms with Gasteiger partial charge in [0.05, 0.1) is 18.9 Å². The van der Waals surface area contributed by atoms with Crippen LogP contribution in [-0.2, 0) is 19.6 Å². The minimum Gasteiger partial charge on any atom is -0.466 e. The first kappa shape index (κ1) is 23.8. The van der Waals surface area contributed by atoms with Crippen LogP contribution in [-0.4, -0.2) is 56.0 Å². The molecule has 33 heavy (non-hydrogen) atoms. The number of carbonyl (C=O) groups is 1. The third-order valence-electron chi connectivity index (χ3n) is 5.63.